The molecule has 1 aromatic heterocycles. The van der Waals surface area contributed by atoms with Crippen molar-refractivity contribution < 1.29 is 4.42 Å². The second-order valence-electron chi connectivity index (χ2n) is 12.5. The minimum Gasteiger partial charge on any atom is -0.456 e. The van der Waals surface area contributed by atoms with E-state index in [1.807, 2.05) is 13.0 Å². The number of allylic oxidation sites excluding steroid dienone is 6. The van der Waals surface area contributed by atoms with Gasteiger partial charge in [0.1, 0.15) is 11.5 Å². The quantitative estimate of drug-likeness (QED) is 0.153. The summed E-state index contributed by atoms with van der Waals surface area (Å²) in [6, 6.07) is 37.1. The second kappa shape index (κ2) is 14.6. The first-order valence-electron chi connectivity index (χ1n) is 17.1. The van der Waals surface area contributed by atoms with Crippen molar-refractivity contribution in [2.24, 2.45) is 5.92 Å². The molecule has 0 amide bonds. The SMILES string of the molecule is C=Cc1oc(/C(=C\CC)c2ccc(N(c3ccccc3)c3ccc(C4=CCC(C)C(c5ccccc5C)=C4)cc3)cc2)c(C)c1/C=C\C. The van der Waals surface area contributed by atoms with Crippen LogP contribution in [-0.4, -0.2) is 0 Å². The molecule has 6 rings (SSSR count). The summed E-state index contributed by atoms with van der Waals surface area (Å²) in [4.78, 5) is 2.32. The summed E-state index contributed by atoms with van der Waals surface area (Å²) in [5.74, 6) is 2.20. The van der Waals surface area contributed by atoms with Gasteiger partial charge in [0, 0.05) is 33.8 Å². The highest BCUT2D eigenvalue weighted by atomic mass is 16.3. The van der Waals surface area contributed by atoms with E-state index < -0.39 is 0 Å². The lowest BCUT2D eigenvalue weighted by Crippen LogP contribution is -2.10. The molecule has 0 aliphatic heterocycles. The molecule has 2 heteroatoms. The van der Waals surface area contributed by atoms with Crippen LogP contribution in [-0.2, 0) is 0 Å². The molecule has 1 aliphatic rings. The minimum atomic E-state index is 0.495. The summed E-state index contributed by atoms with van der Waals surface area (Å²) >= 11 is 0. The summed E-state index contributed by atoms with van der Waals surface area (Å²) in [5, 5.41) is 0. The van der Waals surface area contributed by atoms with E-state index in [0.717, 1.165) is 63.7 Å². The van der Waals surface area contributed by atoms with Gasteiger partial charge in [0.2, 0.25) is 0 Å². The highest BCUT2D eigenvalue weighted by Gasteiger charge is 2.20. The van der Waals surface area contributed by atoms with Gasteiger partial charge in [-0.3, -0.25) is 0 Å². The number of benzene rings is 4. The molecule has 48 heavy (non-hydrogen) atoms. The number of nitrogens with zero attached hydrogens (tertiary/aromatic N) is 1. The van der Waals surface area contributed by atoms with Crippen LogP contribution in [0.25, 0.3) is 28.9 Å². The molecule has 1 unspecified atom stereocenters. The normalized spacial score (nSPS) is 14.9. The molecule has 0 spiro atoms. The van der Waals surface area contributed by atoms with Crippen LogP contribution in [0.2, 0.25) is 0 Å². The zero-order valence-electron chi connectivity index (χ0n) is 28.8. The van der Waals surface area contributed by atoms with E-state index in [-0.39, 0.29) is 0 Å². The predicted octanol–water partition coefficient (Wildman–Crippen LogP) is 13.4. The van der Waals surface area contributed by atoms with Crippen LogP contribution < -0.4 is 4.90 Å². The van der Waals surface area contributed by atoms with Crippen LogP contribution in [0.15, 0.2) is 138 Å². The first kappa shape index (κ1) is 32.6. The number of anilines is 3. The molecule has 240 valence electrons. The van der Waals surface area contributed by atoms with E-state index in [1.165, 1.54) is 27.8 Å². The molecule has 0 saturated carbocycles. The maximum absolute atomic E-state index is 6.38. The topological polar surface area (TPSA) is 16.4 Å². The van der Waals surface area contributed by atoms with Gasteiger partial charge in [0.25, 0.3) is 0 Å². The van der Waals surface area contributed by atoms with Crippen LogP contribution in [0, 0.1) is 19.8 Å². The van der Waals surface area contributed by atoms with Gasteiger partial charge in [0.15, 0.2) is 0 Å². The Hall–Kier alpha value is -5.34. The highest BCUT2D eigenvalue weighted by Crippen LogP contribution is 2.40. The fraction of sp³-hybridized carbons (Fsp3) is 0.174. The van der Waals surface area contributed by atoms with Crippen molar-refractivity contribution in [2.75, 3.05) is 4.90 Å². The van der Waals surface area contributed by atoms with Crippen LogP contribution in [0.1, 0.15) is 78.5 Å². The van der Waals surface area contributed by atoms with Gasteiger partial charge in [-0.1, -0.05) is 118 Å². The second-order valence-corrected chi connectivity index (χ2v) is 12.5. The van der Waals surface area contributed by atoms with E-state index in [0.29, 0.717) is 5.92 Å². The first-order valence-corrected chi connectivity index (χ1v) is 17.1. The van der Waals surface area contributed by atoms with Crippen molar-refractivity contribution >= 4 is 45.9 Å². The van der Waals surface area contributed by atoms with Gasteiger partial charge in [0.05, 0.1) is 0 Å². The molecule has 2 nitrogen and oxygen atoms in total. The van der Waals surface area contributed by atoms with E-state index in [1.54, 1.807) is 6.08 Å². The summed E-state index contributed by atoms with van der Waals surface area (Å²) in [6.45, 7) is 14.8. The Labute approximate surface area is 286 Å². The van der Waals surface area contributed by atoms with Gasteiger partial charge < -0.3 is 9.32 Å². The summed E-state index contributed by atoms with van der Waals surface area (Å²) in [5.41, 5.74) is 14.4. The average molecular weight is 628 g/mol. The smallest absolute Gasteiger partial charge is 0.138 e. The molecule has 1 heterocycles. The Bertz CT molecular complexity index is 2010. The van der Waals surface area contributed by atoms with Gasteiger partial charge in [-0.05, 0) is 115 Å². The third-order valence-corrected chi connectivity index (χ3v) is 9.29. The van der Waals surface area contributed by atoms with Gasteiger partial charge in [-0.2, -0.15) is 0 Å². The molecule has 0 fully saturated rings. The van der Waals surface area contributed by atoms with E-state index in [9.17, 15) is 0 Å². The minimum absolute atomic E-state index is 0.495. The Morgan fingerprint density at radius 2 is 1.50 bits per heavy atom. The van der Waals surface area contributed by atoms with Crippen molar-refractivity contribution in [1.29, 1.82) is 0 Å². The summed E-state index contributed by atoms with van der Waals surface area (Å²) in [6.07, 6.45) is 14.9. The van der Waals surface area contributed by atoms with Crippen LogP contribution in [0.4, 0.5) is 17.1 Å². The Morgan fingerprint density at radius 1 is 0.854 bits per heavy atom. The highest BCUT2D eigenvalue weighted by molar-refractivity contribution is 5.88. The van der Waals surface area contributed by atoms with E-state index in [2.05, 4.69) is 167 Å². The van der Waals surface area contributed by atoms with Crippen LogP contribution in [0.3, 0.4) is 0 Å². The molecule has 0 saturated heterocycles. The number of aryl methyl sites for hydroxylation is 1. The van der Waals surface area contributed by atoms with Crippen molar-refractivity contribution in [2.45, 2.75) is 47.5 Å². The van der Waals surface area contributed by atoms with Gasteiger partial charge in [-0.15, -0.1) is 0 Å². The maximum Gasteiger partial charge on any atom is 0.138 e. The largest absolute Gasteiger partial charge is 0.456 e. The molecule has 5 aromatic rings. The fourth-order valence-electron chi connectivity index (χ4n) is 6.73. The number of furan rings is 1. The lowest BCUT2D eigenvalue weighted by molar-refractivity contribution is 0.541. The van der Waals surface area contributed by atoms with E-state index >= 15 is 0 Å². The molecule has 4 aromatic carbocycles. The molecule has 0 radical (unpaired) electrons. The third kappa shape index (κ3) is 6.57. The maximum atomic E-state index is 6.38. The lowest BCUT2D eigenvalue weighted by Gasteiger charge is -2.26. The van der Waals surface area contributed by atoms with Crippen molar-refractivity contribution in [1.82, 2.24) is 0 Å². The molecule has 1 aliphatic carbocycles. The lowest BCUT2D eigenvalue weighted by atomic mass is 9.82. The molecular formula is C46H45NO. The van der Waals surface area contributed by atoms with Gasteiger partial charge >= 0.3 is 0 Å². The Kier molecular flexibility index (Phi) is 9.92. The number of hydrogen-bond acceptors (Lipinski definition) is 2. The standard InChI is InChI=1S/C46H45NO/c1-7-15-42-34(6)46(48-45(42)9-3)43(16-8-2)36-25-29-40(30-26-36)47(38-18-11-10-12-19-38)39-27-23-35(24-28-39)37-22-21-33(5)44(31-37)41-20-14-13-17-32(41)4/h7,9-20,22-31,33H,3,8,21H2,1-2,4-6H3/b15-7-,43-16-. The molecule has 0 N–H and O–H groups in total. The zero-order chi connectivity index (χ0) is 33.6. The molecular weight excluding hydrogens is 583 g/mol. The van der Waals surface area contributed by atoms with Crippen molar-refractivity contribution in [3.05, 3.63) is 179 Å². The fourth-order valence-corrected chi connectivity index (χ4v) is 6.73. The monoisotopic (exact) mass is 627 g/mol. The molecule has 0 bridgehead atoms. The third-order valence-electron chi connectivity index (χ3n) is 9.29. The zero-order valence-corrected chi connectivity index (χ0v) is 28.8. The summed E-state index contributed by atoms with van der Waals surface area (Å²) < 4.78 is 6.38. The average Bonchev–Trinajstić information content (AvgIpc) is 3.43. The predicted molar refractivity (Wildman–Crippen MR) is 208 cm³/mol. The number of para-hydroxylation sites is 1. The summed E-state index contributed by atoms with van der Waals surface area (Å²) in [7, 11) is 0. The van der Waals surface area contributed by atoms with E-state index in [4.69, 9.17) is 4.42 Å². The Balaban J connectivity index is 1.34. The number of hydrogen-bond donors (Lipinski definition) is 0. The van der Waals surface area contributed by atoms with Crippen molar-refractivity contribution in [3.63, 3.8) is 0 Å². The number of rotatable bonds is 10. The molecule has 1 atom stereocenters. The van der Waals surface area contributed by atoms with Crippen molar-refractivity contribution in [3.8, 4) is 0 Å². The van der Waals surface area contributed by atoms with Crippen LogP contribution in [0.5, 0.6) is 0 Å². The van der Waals surface area contributed by atoms with Crippen LogP contribution >= 0.6 is 0 Å². The Morgan fingerprint density at radius 3 is 2.15 bits per heavy atom. The first-order chi connectivity index (χ1) is 23.4. The van der Waals surface area contributed by atoms with Gasteiger partial charge in [-0.25, -0.2) is 0 Å².